The van der Waals surface area contributed by atoms with Gasteiger partial charge < -0.3 is 48.7 Å². The van der Waals surface area contributed by atoms with Crippen LogP contribution in [0.1, 0.15) is 96.6 Å². The number of hydrogen-bond donors (Lipinski definition) is 3. The molecule has 11 atom stereocenters. The molecule has 1 unspecified atom stereocenters. The third-order valence-electron chi connectivity index (χ3n) is 13.3. The van der Waals surface area contributed by atoms with Crippen LogP contribution < -0.4 is 5.32 Å². The predicted molar refractivity (Wildman–Crippen MR) is 218 cm³/mol. The molecule has 332 valence electrons. The Balaban J connectivity index is 1.53. The SMILES string of the molecule is CCC(=O)O[C@@]12CO[C@@H]1C[C@H](OC)[C@@]1(C)C(=O)[C@H](OC)C3=C(C)[C@@H](OC(=O)[C@H](O)[C@@H](NC(=O)OC(C)(C)C)c4ccccc4)CC(O)([C@@H](OC(=O)c4ccccc4)[C@H]21)C3(C)C. The number of nitrogens with one attached hydrogen (secondary N) is 1. The molecule has 1 aliphatic heterocycles. The van der Waals surface area contributed by atoms with Crippen LogP contribution in [-0.2, 0) is 47.5 Å². The van der Waals surface area contributed by atoms with Crippen molar-refractivity contribution in [3.05, 3.63) is 82.9 Å². The summed E-state index contributed by atoms with van der Waals surface area (Å²) >= 11 is 0. The van der Waals surface area contributed by atoms with Crippen LogP contribution in [0.4, 0.5) is 4.79 Å². The van der Waals surface area contributed by atoms with E-state index < -0.39 is 112 Å². The number of carbonyl (C=O) groups is 5. The molecule has 1 heterocycles. The largest absolute Gasteiger partial charge is 0.456 e. The lowest BCUT2D eigenvalue weighted by atomic mass is 9.44. The van der Waals surface area contributed by atoms with Gasteiger partial charge in [0.25, 0.3) is 0 Å². The van der Waals surface area contributed by atoms with Gasteiger partial charge in [0.05, 0.1) is 35.6 Å². The van der Waals surface area contributed by atoms with Crippen LogP contribution in [0.2, 0.25) is 0 Å². The molecule has 2 aromatic rings. The molecule has 0 radical (unpaired) electrons. The normalized spacial score (nSPS) is 32.6. The van der Waals surface area contributed by atoms with Crippen LogP contribution in [-0.4, -0.2) is 114 Å². The Bertz CT molecular complexity index is 2030. The zero-order chi connectivity index (χ0) is 44.9. The van der Waals surface area contributed by atoms with Crippen molar-refractivity contribution in [1.29, 1.82) is 0 Å². The lowest BCUT2D eigenvalue weighted by molar-refractivity contribution is -0.348. The quantitative estimate of drug-likeness (QED) is 0.156. The van der Waals surface area contributed by atoms with Gasteiger partial charge in [-0.05, 0) is 63.5 Å². The van der Waals surface area contributed by atoms with Crippen LogP contribution in [0, 0.1) is 16.7 Å². The standard InChI is InChI=1S/C46H59NO14/c1-11-31(48)60-45-24-57-30(45)22-29(55-9)44(8)36(45)38(59-39(51)27-20-16-13-17-21-27)46(54)23-28(25(2)32(43(46,6)7)35(56-10)37(44)50)58-40(52)34(49)33(26-18-14-12-15-19-26)47-41(53)61-42(3,4)5/h12-21,28-30,33-36,38,49,54H,11,22-24H2,1-10H3,(H,47,53)/t28-,29-,30+,33-,34+,35+,36-,38-,44+,45-,46?/m0/s1. The average molecular weight is 850 g/mol. The van der Waals surface area contributed by atoms with E-state index in [2.05, 4.69) is 5.32 Å². The fourth-order valence-electron chi connectivity index (χ4n) is 10.1. The molecule has 1 saturated heterocycles. The van der Waals surface area contributed by atoms with Crippen molar-refractivity contribution in [2.75, 3.05) is 20.8 Å². The number of methoxy groups -OCH3 is 2. The van der Waals surface area contributed by atoms with E-state index in [-0.39, 0.29) is 30.6 Å². The van der Waals surface area contributed by atoms with Crippen LogP contribution in [0.25, 0.3) is 0 Å². The minimum absolute atomic E-state index is 0.0241. The number of ether oxygens (including phenoxy) is 7. The second-order valence-corrected chi connectivity index (χ2v) is 18.2. The van der Waals surface area contributed by atoms with Crippen molar-refractivity contribution >= 4 is 29.8 Å². The van der Waals surface area contributed by atoms with Crippen molar-refractivity contribution in [3.63, 3.8) is 0 Å². The van der Waals surface area contributed by atoms with E-state index in [1.165, 1.54) is 14.2 Å². The van der Waals surface area contributed by atoms with Gasteiger partial charge in [-0.3, -0.25) is 9.59 Å². The number of rotatable bonds is 11. The first kappa shape index (κ1) is 45.8. The summed E-state index contributed by atoms with van der Waals surface area (Å²) in [4.78, 5) is 70.6. The van der Waals surface area contributed by atoms with Crippen molar-refractivity contribution in [2.24, 2.45) is 16.7 Å². The first-order valence-electron chi connectivity index (χ1n) is 20.7. The molecule has 2 aromatic carbocycles. The smallest absolute Gasteiger partial charge is 0.408 e. The Morgan fingerprint density at radius 2 is 1.57 bits per heavy atom. The Kier molecular flexibility index (Phi) is 12.7. The highest BCUT2D eigenvalue weighted by Gasteiger charge is 2.78. The Morgan fingerprint density at radius 3 is 2.11 bits per heavy atom. The van der Waals surface area contributed by atoms with Gasteiger partial charge in [0.15, 0.2) is 17.5 Å². The molecule has 1 amide bonds. The molecule has 15 heteroatoms. The minimum Gasteiger partial charge on any atom is -0.456 e. The number of amides is 1. The minimum atomic E-state index is -2.22. The summed E-state index contributed by atoms with van der Waals surface area (Å²) in [5.74, 6) is -4.42. The molecule has 61 heavy (non-hydrogen) atoms. The van der Waals surface area contributed by atoms with Crippen molar-refractivity contribution in [2.45, 2.75) is 134 Å². The van der Waals surface area contributed by atoms with Gasteiger partial charge in [-0.2, -0.15) is 0 Å². The number of carbonyl (C=O) groups excluding carboxylic acids is 5. The number of hydrogen-bond acceptors (Lipinski definition) is 14. The molecular weight excluding hydrogens is 790 g/mol. The van der Waals surface area contributed by atoms with E-state index in [9.17, 15) is 29.4 Å². The zero-order valence-corrected chi connectivity index (χ0v) is 36.5. The van der Waals surface area contributed by atoms with Gasteiger partial charge in [-0.1, -0.05) is 69.3 Å². The van der Waals surface area contributed by atoms with E-state index in [1.807, 2.05) is 0 Å². The number of benzene rings is 2. The maximum atomic E-state index is 15.6. The third kappa shape index (κ3) is 7.88. The van der Waals surface area contributed by atoms with Gasteiger partial charge in [0.1, 0.15) is 35.6 Å². The molecule has 0 aromatic heterocycles. The lowest BCUT2D eigenvalue weighted by Crippen LogP contribution is -2.82. The van der Waals surface area contributed by atoms with Crippen molar-refractivity contribution in [1.82, 2.24) is 5.32 Å². The molecule has 6 rings (SSSR count). The van der Waals surface area contributed by atoms with Gasteiger partial charge in [0.2, 0.25) is 0 Å². The number of ketones is 1. The maximum Gasteiger partial charge on any atom is 0.408 e. The van der Waals surface area contributed by atoms with Crippen molar-refractivity contribution < 1.29 is 67.3 Å². The fraction of sp³-hybridized carbons (Fsp3) is 0.587. The van der Waals surface area contributed by atoms with Gasteiger partial charge >= 0.3 is 24.0 Å². The zero-order valence-electron chi connectivity index (χ0n) is 36.5. The van der Waals surface area contributed by atoms with Crippen LogP contribution in [0.3, 0.4) is 0 Å². The van der Waals surface area contributed by atoms with Gasteiger partial charge in [-0.15, -0.1) is 0 Å². The molecule has 0 spiro atoms. The van der Waals surface area contributed by atoms with Crippen molar-refractivity contribution in [3.8, 4) is 0 Å². The fourth-order valence-corrected chi connectivity index (χ4v) is 10.1. The van der Waals surface area contributed by atoms with Crippen LogP contribution in [0.5, 0.6) is 0 Å². The molecule has 2 bridgehead atoms. The second-order valence-electron chi connectivity index (χ2n) is 18.2. The Hall–Kier alpha value is -4.67. The molecule has 3 N–H and O–H groups in total. The molecule has 15 nitrogen and oxygen atoms in total. The van der Waals surface area contributed by atoms with E-state index in [1.54, 1.807) is 116 Å². The molecule has 4 aliphatic rings. The third-order valence-corrected chi connectivity index (χ3v) is 13.3. The highest BCUT2D eigenvalue weighted by molar-refractivity contribution is 5.94. The summed E-state index contributed by atoms with van der Waals surface area (Å²) in [6.07, 6.45) is -9.33. The van der Waals surface area contributed by atoms with E-state index in [4.69, 9.17) is 33.2 Å². The summed E-state index contributed by atoms with van der Waals surface area (Å²) in [6.45, 7) is 13.1. The lowest BCUT2D eigenvalue weighted by Gasteiger charge is -2.68. The van der Waals surface area contributed by atoms with E-state index >= 15 is 4.79 Å². The molecule has 3 fully saturated rings. The summed E-state index contributed by atoms with van der Waals surface area (Å²) in [5, 5.41) is 28.1. The number of Topliss-reactive ketones (excluding diaryl/α,β-unsaturated/α-hetero) is 1. The first-order valence-corrected chi connectivity index (χ1v) is 20.7. The average Bonchev–Trinajstić information content (AvgIpc) is 3.21. The molecule has 2 saturated carbocycles. The Morgan fingerprint density at radius 1 is 0.951 bits per heavy atom. The molecular formula is C46H59NO14. The molecule has 3 aliphatic carbocycles. The predicted octanol–water partition coefficient (Wildman–Crippen LogP) is 4.96. The monoisotopic (exact) mass is 849 g/mol. The number of esters is 3. The summed E-state index contributed by atoms with van der Waals surface area (Å²) < 4.78 is 42.7. The highest BCUT2D eigenvalue weighted by Crippen LogP contribution is 2.65. The summed E-state index contributed by atoms with van der Waals surface area (Å²) in [7, 11) is 2.80. The summed E-state index contributed by atoms with van der Waals surface area (Å²) in [6, 6.07) is 15.1. The second kappa shape index (κ2) is 16.9. The maximum absolute atomic E-state index is 15.6. The highest BCUT2D eigenvalue weighted by atomic mass is 16.6. The first-order chi connectivity index (χ1) is 28.6. The van der Waals surface area contributed by atoms with Gasteiger partial charge in [-0.25, -0.2) is 14.4 Å². The van der Waals surface area contributed by atoms with Crippen LogP contribution >= 0.6 is 0 Å². The number of aliphatic hydroxyl groups is 2. The Labute approximate surface area is 356 Å². The number of aliphatic hydroxyl groups excluding tert-OH is 1. The van der Waals surface area contributed by atoms with E-state index in [0.717, 1.165) is 0 Å². The topological polar surface area (TPSA) is 202 Å². The van der Waals surface area contributed by atoms with E-state index in [0.29, 0.717) is 11.1 Å². The van der Waals surface area contributed by atoms with Gasteiger partial charge in [0, 0.05) is 38.9 Å². The number of fused-ring (bicyclic) bond motifs is 5. The number of alkyl carbamates (subject to hydrolysis) is 1. The van der Waals surface area contributed by atoms with Crippen LogP contribution in [0.15, 0.2) is 71.8 Å². The summed E-state index contributed by atoms with van der Waals surface area (Å²) in [5.41, 5.74) is -6.72.